The summed E-state index contributed by atoms with van der Waals surface area (Å²) >= 11 is 6.60. The van der Waals surface area contributed by atoms with E-state index in [1.54, 1.807) is 10.8 Å². The zero-order chi connectivity index (χ0) is 29.2. The molecule has 2 N–H and O–H groups in total. The monoisotopic (exact) mass is 601 g/mol. The number of ether oxygens (including phenoxy) is 3. The first-order chi connectivity index (χ1) is 20.5. The smallest absolute Gasteiger partial charge is 0.220 e. The van der Waals surface area contributed by atoms with Crippen molar-refractivity contribution in [3.8, 4) is 0 Å². The van der Waals surface area contributed by atoms with Gasteiger partial charge in [-0.1, -0.05) is 103 Å². The number of nitrogen functional groups attached to an aromatic ring is 1. The van der Waals surface area contributed by atoms with E-state index in [1.165, 1.54) is 24.4 Å². The highest BCUT2D eigenvalue weighted by Gasteiger charge is 2.57. The molecule has 3 heterocycles. The van der Waals surface area contributed by atoms with Crippen LogP contribution in [0.25, 0.3) is 11.2 Å². The summed E-state index contributed by atoms with van der Waals surface area (Å²) in [6, 6.07) is 29.7. The Morgan fingerprint density at radius 2 is 1.57 bits per heavy atom. The molecule has 2 aromatic heterocycles. The number of halogens is 1. The quantitative estimate of drug-likeness (QED) is 0.183. The third kappa shape index (κ3) is 4.82. The molecule has 42 heavy (non-hydrogen) atoms. The fourth-order valence-electron chi connectivity index (χ4n) is 5.50. The SMILES string of the molecule is CSC(=S)O[C@H]1[C@@H](F)CO[C@]1(COC(c1ccccc1)(c1ccccc1)c1ccccc1)n1cnc2c(N)ncnc21. The molecule has 6 rings (SSSR count). The number of alkyl halides is 1. The Morgan fingerprint density at radius 1 is 1.00 bits per heavy atom. The Balaban J connectivity index is 1.56. The second-order valence-electron chi connectivity index (χ2n) is 9.78. The highest BCUT2D eigenvalue weighted by molar-refractivity contribution is 8.22. The van der Waals surface area contributed by atoms with Gasteiger partial charge in [0.1, 0.15) is 24.1 Å². The minimum absolute atomic E-state index is 0.164. The Labute approximate surface area is 252 Å². The summed E-state index contributed by atoms with van der Waals surface area (Å²) in [6.07, 6.45) is 1.91. The predicted octanol–water partition coefficient (Wildman–Crippen LogP) is 5.47. The second kappa shape index (κ2) is 11.8. The van der Waals surface area contributed by atoms with Crippen LogP contribution in [-0.4, -0.2) is 55.6 Å². The molecular weight excluding hydrogens is 574 g/mol. The molecule has 0 bridgehead atoms. The summed E-state index contributed by atoms with van der Waals surface area (Å²) < 4.78 is 37.1. The molecule has 0 saturated carbocycles. The maximum atomic E-state index is 15.8. The van der Waals surface area contributed by atoms with Gasteiger partial charge in [0.25, 0.3) is 0 Å². The number of aromatic nitrogens is 4. The van der Waals surface area contributed by atoms with Gasteiger partial charge >= 0.3 is 0 Å². The van der Waals surface area contributed by atoms with Crippen molar-refractivity contribution in [2.75, 3.05) is 25.2 Å². The molecule has 5 aromatic rings. The Kier molecular flexibility index (Phi) is 7.91. The number of thioether (sulfide) groups is 1. The average molecular weight is 602 g/mol. The number of nitrogens with zero attached hydrogens (tertiary/aromatic N) is 4. The fourth-order valence-corrected chi connectivity index (χ4v) is 5.81. The minimum Gasteiger partial charge on any atom is -0.467 e. The van der Waals surface area contributed by atoms with Crippen molar-refractivity contribution in [2.45, 2.75) is 23.6 Å². The van der Waals surface area contributed by atoms with E-state index in [2.05, 4.69) is 15.0 Å². The highest BCUT2D eigenvalue weighted by atomic mass is 32.2. The third-order valence-electron chi connectivity index (χ3n) is 7.46. The third-order valence-corrected chi connectivity index (χ3v) is 8.49. The van der Waals surface area contributed by atoms with Crippen molar-refractivity contribution in [1.29, 1.82) is 0 Å². The van der Waals surface area contributed by atoms with Gasteiger partial charge in [-0.25, -0.2) is 19.3 Å². The summed E-state index contributed by atoms with van der Waals surface area (Å²) in [5, 5.41) is 0. The molecule has 0 amide bonds. The number of rotatable bonds is 8. The Hall–Kier alpha value is -3.90. The van der Waals surface area contributed by atoms with Crippen molar-refractivity contribution >= 4 is 45.3 Å². The zero-order valence-corrected chi connectivity index (χ0v) is 24.3. The van der Waals surface area contributed by atoms with E-state index >= 15 is 4.39 Å². The topological polar surface area (TPSA) is 97.3 Å². The average Bonchev–Trinajstić information content (AvgIpc) is 3.62. The van der Waals surface area contributed by atoms with Crippen LogP contribution in [0.3, 0.4) is 0 Å². The normalized spacial score (nSPS) is 20.5. The van der Waals surface area contributed by atoms with Gasteiger partial charge in [-0.2, -0.15) is 0 Å². The van der Waals surface area contributed by atoms with E-state index in [4.69, 9.17) is 32.2 Å². The van der Waals surface area contributed by atoms with E-state index in [1.807, 2.05) is 91.0 Å². The number of benzene rings is 3. The maximum Gasteiger partial charge on any atom is 0.220 e. The molecule has 0 aliphatic carbocycles. The summed E-state index contributed by atoms with van der Waals surface area (Å²) in [7, 11) is 0. The van der Waals surface area contributed by atoms with Crippen LogP contribution in [0.15, 0.2) is 104 Å². The molecule has 0 radical (unpaired) electrons. The van der Waals surface area contributed by atoms with Crippen molar-refractivity contribution in [3.63, 3.8) is 0 Å². The van der Waals surface area contributed by atoms with Gasteiger partial charge in [-0.15, -0.1) is 0 Å². The van der Waals surface area contributed by atoms with E-state index in [0.29, 0.717) is 11.2 Å². The molecule has 1 aliphatic rings. The number of nitrogens with two attached hydrogens (primary N) is 1. The van der Waals surface area contributed by atoms with E-state index < -0.39 is 23.6 Å². The number of hydrogen-bond donors (Lipinski definition) is 1. The van der Waals surface area contributed by atoms with Gasteiger partial charge in [0.05, 0.1) is 12.9 Å². The molecule has 0 unspecified atom stereocenters. The Morgan fingerprint density at radius 3 is 2.12 bits per heavy atom. The van der Waals surface area contributed by atoms with Crippen LogP contribution in [0.1, 0.15) is 16.7 Å². The van der Waals surface area contributed by atoms with E-state index in [-0.39, 0.29) is 23.4 Å². The van der Waals surface area contributed by atoms with Crippen molar-refractivity contribution < 1.29 is 18.6 Å². The number of anilines is 1. The molecule has 0 spiro atoms. The number of thiocarbonyl (C=S) groups is 1. The first-order valence-electron chi connectivity index (χ1n) is 13.3. The molecule has 1 saturated heterocycles. The Bertz CT molecular complexity index is 1580. The molecule has 3 atom stereocenters. The molecule has 1 fully saturated rings. The van der Waals surface area contributed by atoms with Crippen LogP contribution in [0, 0.1) is 0 Å². The van der Waals surface area contributed by atoms with Crippen LogP contribution in [0.2, 0.25) is 0 Å². The van der Waals surface area contributed by atoms with E-state index in [0.717, 1.165) is 16.7 Å². The van der Waals surface area contributed by atoms with Crippen molar-refractivity contribution in [1.82, 2.24) is 19.5 Å². The van der Waals surface area contributed by atoms with Crippen molar-refractivity contribution in [3.05, 3.63) is 120 Å². The summed E-state index contributed by atoms with van der Waals surface area (Å²) in [4.78, 5) is 12.9. The van der Waals surface area contributed by atoms with Crippen LogP contribution in [0.4, 0.5) is 10.2 Å². The fraction of sp³-hybridized carbons (Fsp3) is 0.226. The first-order valence-corrected chi connectivity index (χ1v) is 14.9. The van der Waals surface area contributed by atoms with Crippen LogP contribution in [0.5, 0.6) is 0 Å². The lowest BCUT2D eigenvalue weighted by Gasteiger charge is -2.41. The summed E-state index contributed by atoms with van der Waals surface area (Å²) in [5.41, 5.74) is 6.81. The number of fused-ring (bicyclic) bond motifs is 1. The molecule has 1 aliphatic heterocycles. The molecule has 3 aromatic carbocycles. The largest absolute Gasteiger partial charge is 0.467 e. The summed E-state index contributed by atoms with van der Waals surface area (Å²) in [6.45, 7) is -0.413. The van der Waals surface area contributed by atoms with Crippen LogP contribution < -0.4 is 5.73 Å². The summed E-state index contributed by atoms with van der Waals surface area (Å²) in [5.74, 6) is 0.189. The molecule has 214 valence electrons. The van der Waals surface area contributed by atoms with Gasteiger partial charge in [0, 0.05) is 0 Å². The number of imidazole rings is 1. The lowest BCUT2D eigenvalue weighted by molar-refractivity contribution is -0.177. The predicted molar refractivity (Wildman–Crippen MR) is 165 cm³/mol. The lowest BCUT2D eigenvalue weighted by Crippen LogP contribution is -2.52. The molecular formula is C31H28FN5O3S2. The molecule has 11 heteroatoms. The zero-order valence-electron chi connectivity index (χ0n) is 22.7. The lowest BCUT2D eigenvalue weighted by atomic mass is 9.80. The second-order valence-corrected chi connectivity index (χ2v) is 11.2. The first kappa shape index (κ1) is 28.2. The maximum absolute atomic E-state index is 15.8. The van der Waals surface area contributed by atoms with Gasteiger partial charge in [0.15, 0.2) is 23.7 Å². The van der Waals surface area contributed by atoms with Gasteiger partial charge in [-0.3, -0.25) is 4.57 Å². The van der Waals surface area contributed by atoms with Crippen LogP contribution in [-0.2, 0) is 25.5 Å². The van der Waals surface area contributed by atoms with Crippen LogP contribution >= 0.6 is 24.0 Å². The minimum atomic E-state index is -1.56. The standard InChI is InChI=1S/C31H28FN5O3S2/c1-42-29(41)40-26-24(32)17-38-30(26,37-20-36-25-27(33)34-19-35-28(25)37)18-39-31(21-11-5-2-6-12-21,22-13-7-3-8-14-22)23-15-9-4-10-16-23/h2-16,19-20,24,26H,17-18H2,1H3,(H2,33,34,35)/t24-,26-,30-/m0/s1. The van der Waals surface area contributed by atoms with Gasteiger partial charge < -0.3 is 19.9 Å². The highest BCUT2D eigenvalue weighted by Crippen LogP contribution is 2.45. The van der Waals surface area contributed by atoms with E-state index in [9.17, 15) is 0 Å². The van der Waals surface area contributed by atoms with Crippen molar-refractivity contribution in [2.24, 2.45) is 0 Å². The van der Waals surface area contributed by atoms with Gasteiger partial charge in [0.2, 0.25) is 10.1 Å². The number of hydrogen-bond acceptors (Lipinski definition) is 9. The van der Waals surface area contributed by atoms with Gasteiger partial charge in [-0.05, 0) is 35.2 Å². The molecule has 8 nitrogen and oxygen atoms in total.